The van der Waals surface area contributed by atoms with Gasteiger partial charge in [0.05, 0.1) is 25.2 Å². The van der Waals surface area contributed by atoms with E-state index in [1.807, 2.05) is 24.3 Å². The summed E-state index contributed by atoms with van der Waals surface area (Å²) in [4.78, 5) is 5.83. The second-order valence-corrected chi connectivity index (χ2v) is 5.30. The molecule has 0 spiro atoms. The summed E-state index contributed by atoms with van der Waals surface area (Å²) in [5.41, 5.74) is 1.94. The number of aromatic nitrogens is 1. The topological polar surface area (TPSA) is 29.4 Å². The van der Waals surface area contributed by atoms with Crippen LogP contribution in [0.1, 0.15) is 13.8 Å². The smallest absolute Gasteiger partial charge is 0.139 e. The summed E-state index contributed by atoms with van der Waals surface area (Å²) in [6, 6.07) is 7.71. The lowest BCUT2D eigenvalue weighted by atomic mass is 10.2. The fourth-order valence-electron chi connectivity index (χ4n) is 2.16. The van der Waals surface area contributed by atoms with Gasteiger partial charge in [0.2, 0.25) is 0 Å². The van der Waals surface area contributed by atoms with Crippen molar-refractivity contribution in [3.05, 3.63) is 35.5 Å². The van der Waals surface area contributed by atoms with Crippen molar-refractivity contribution < 1.29 is 4.90 Å². The largest absolute Gasteiger partial charge is 0.374 e. The minimum absolute atomic E-state index is 0.641. The molecule has 21 heavy (non-hydrogen) atoms. The Hall–Kier alpha value is -1.76. The van der Waals surface area contributed by atoms with Gasteiger partial charge < -0.3 is 10.2 Å². The van der Waals surface area contributed by atoms with Gasteiger partial charge in [0, 0.05) is 22.3 Å². The number of nitrogens with zero attached hydrogens (tertiary/aromatic N) is 1. The molecular formula is C17H21ClN3+. The number of halogens is 1. The van der Waals surface area contributed by atoms with Crippen molar-refractivity contribution in [3.8, 4) is 11.8 Å². The van der Waals surface area contributed by atoms with Crippen LogP contribution < -0.4 is 10.2 Å². The molecule has 1 heterocycles. The molecule has 1 aromatic heterocycles. The summed E-state index contributed by atoms with van der Waals surface area (Å²) >= 11 is 5.99. The first-order chi connectivity index (χ1) is 10.2. The van der Waals surface area contributed by atoms with Gasteiger partial charge in [0.15, 0.2) is 0 Å². The normalized spacial score (nSPS) is 10.5. The Labute approximate surface area is 131 Å². The number of fused-ring (bicyclic) bond motifs is 1. The molecule has 4 heteroatoms. The highest BCUT2D eigenvalue weighted by Crippen LogP contribution is 2.23. The summed E-state index contributed by atoms with van der Waals surface area (Å²) in [6.07, 6.45) is 1.79. The molecule has 0 amide bonds. The molecule has 0 saturated carbocycles. The van der Waals surface area contributed by atoms with Crippen LogP contribution in [0.5, 0.6) is 0 Å². The molecule has 1 aromatic carbocycles. The van der Waals surface area contributed by atoms with Gasteiger partial charge in [-0.2, -0.15) is 0 Å². The molecule has 110 valence electrons. The number of anilines is 1. The summed E-state index contributed by atoms with van der Waals surface area (Å²) in [6.45, 7) is 8.16. The predicted molar refractivity (Wildman–Crippen MR) is 89.9 cm³/mol. The van der Waals surface area contributed by atoms with Gasteiger partial charge in [-0.15, -0.1) is 0 Å². The highest BCUT2D eigenvalue weighted by atomic mass is 35.5. The lowest BCUT2D eigenvalue weighted by Gasteiger charge is -2.10. The number of rotatable bonds is 5. The van der Waals surface area contributed by atoms with E-state index in [4.69, 9.17) is 11.6 Å². The maximum atomic E-state index is 5.99. The van der Waals surface area contributed by atoms with Crippen LogP contribution in [0, 0.1) is 11.8 Å². The summed E-state index contributed by atoms with van der Waals surface area (Å²) < 4.78 is 0. The lowest BCUT2D eigenvalue weighted by Crippen LogP contribution is -3.11. The average Bonchev–Trinajstić information content (AvgIpc) is 2.50. The van der Waals surface area contributed by atoms with E-state index in [2.05, 4.69) is 36.0 Å². The lowest BCUT2D eigenvalue weighted by molar-refractivity contribution is -0.889. The quantitative estimate of drug-likeness (QED) is 0.830. The first-order valence-corrected chi connectivity index (χ1v) is 7.69. The number of quaternary nitrogens is 1. The molecule has 0 bridgehead atoms. The maximum Gasteiger partial charge on any atom is 0.139 e. The van der Waals surface area contributed by atoms with Crippen molar-refractivity contribution in [2.75, 3.05) is 31.5 Å². The zero-order valence-corrected chi connectivity index (χ0v) is 13.3. The standard InChI is InChI=1S/C17H20ClN3/c1-3-21(4-2)12-6-5-10-19-16-9-11-20-17-13-14(18)7-8-15(16)17/h7-9,11,13H,3-4,10,12H2,1-2H3,(H,19,20)/p+1. The minimum atomic E-state index is 0.641. The van der Waals surface area contributed by atoms with Crippen molar-refractivity contribution in [2.24, 2.45) is 0 Å². The van der Waals surface area contributed by atoms with Gasteiger partial charge in [0.1, 0.15) is 6.54 Å². The van der Waals surface area contributed by atoms with E-state index >= 15 is 0 Å². The van der Waals surface area contributed by atoms with Crippen LogP contribution in [0.15, 0.2) is 30.5 Å². The van der Waals surface area contributed by atoms with Gasteiger partial charge in [-0.25, -0.2) is 0 Å². The van der Waals surface area contributed by atoms with Crippen LogP contribution in [0.25, 0.3) is 10.9 Å². The summed E-state index contributed by atoms with van der Waals surface area (Å²) in [5, 5.41) is 5.12. The zero-order chi connectivity index (χ0) is 15.1. The van der Waals surface area contributed by atoms with Crippen LogP contribution in [-0.4, -0.2) is 31.2 Å². The number of benzene rings is 1. The number of hydrogen-bond acceptors (Lipinski definition) is 2. The third-order valence-electron chi connectivity index (χ3n) is 3.54. The molecule has 2 N–H and O–H groups in total. The average molecular weight is 303 g/mol. The Kier molecular flexibility index (Phi) is 5.86. The van der Waals surface area contributed by atoms with E-state index in [1.54, 1.807) is 6.20 Å². The molecule has 2 aromatic rings. The Morgan fingerprint density at radius 3 is 2.76 bits per heavy atom. The number of nitrogens with one attached hydrogen (secondary N) is 2. The highest BCUT2D eigenvalue weighted by Gasteiger charge is 2.01. The number of pyridine rings is 1. The third-order valence-corrected chi connectivity index (χ3v) is 3.77. The van der Waals surface area contributed by atoms with Gasteiger partial charge in [-0.3, -0.25) is 4.98 Å². The van der Waals surface area contributed by atoms with Crippen molar-refractivity contribution in [3.63, 3.8) is 0 Å². The molecular weight excluding hydrogens is 282 g/mol. The van der Waals surface area contributed by atoms with Gasteiger partial charge in [-0.1, -0.05) is 17.5 Å². The fourth-order valence-corrected chi connectivity index (χ4v) is 2.33. The predicted octanol–water partition coefficient (Wildman–Crippen LogP) is 2.23. The van der Waals surface area contributed by atoms with Crippen molar-refractivity contribution >= 4 is 28.2 Å². The fraction of sp³-hybridized carbons (Fsp3) is 0.353. The van der Waals surface area contributed by atoms with E-state index in [0.717, 1.165) is 36.2 Å². The summed E-state index contributed by atoms with van der Waals surface area (Å²) in [7, 11) is 0. The molecule has 0 saturated heterocycles. The minimum Gasteiger partial charge on any atom is -0.374 e. The molecule has 0 fully saturated rings. The Morgan fingerprint density at radius 1 is 1.19 bits per heavy atom. The van der Waals surface area contributed by atoms with Crippen molar-refractivity contribution in [2.45, 2.75) is 13.8 Å². The van der Waals surface area contributed by atoms with Crippen LogP contribution in [-0.2, 0) is 0 Å². The van der Waals surface area contributed by atoms with Crippen LogP contribution in [0.2, 0.25) is 5.02 Å². The molecule has 3 nitrogen and oxygen atoms in total. The van der Waals surface area contributed by atoms with Crippen LogP contribution in [0.4, 0.5) is 5.69 Å². The zero-order valence-electron chi connectivity index (χ0n) is 12.5. The number of hydrogen-bond donors (Lipinski definition) is 2. The summed E-state index contributed by atoms with van der Waals surface area (Å²) in [5.74, 6) is 6.41. The molecule has 0 unspecified atom stereocenters. The first-order valence-electron chi connectivity index (χ1n) is 7.32. The molecule has 0 aliphatic carbocycles. The van der Waals surface area contributed by atoms with E-state index in [1.165, 1.54) is 4.90 Å². The van der Waals surface area contributed by atoms with Crippen molar-refractivity contribution in [1.29, 1.82) is 0 Å². The molecule has 0 radical (unpaired) electrons. The van der Waals surface area contributed by atoms with Crippen LogP contribution in [0.3, 0.4) is 0 Å². The van der Waals surface area contributed by atoms with Gasteiger partial charge in [-0.05, 0) is 44.0 Å². The molecule has 0 aliphatic heterocycles. The highest BCUT2D eigenvalue weighted by molar-refractivity contribution is 6.31. The van der Waals surface area contributed by atoms with Gasteiger partial charge in [0.25, 0.3) is 0 Å². The molecule has 0 atom stereocenters. The first kappa shape index (κ1) is 15.6. The van der Waals surface area contributed by atoms with E-state index in [-0.39, 0.29) is 0 Å². The van der Waals surface area contributed by atoms with E-state index in [0.29, 0.717) is 11.6 Å². The second-order valence-electron chi connectivity index (χ2n) is 4.86. The Morgan fingerprint density at radius 2 is 2.00 bits per heavy atom. The maximum absolute atomic E-state index is 5.99. The Bertz CT molecular complexity index is 654. The van der Waals surface area contributed by atoms with Crippen molar-refractivity contribution in [1.82, 2.24) is 4.98 Å². The second kappa shape index (κ2) is 7.87. The Balaban J connectivity index is 2.00. The van der Waals surface area contributed by atoms with E-state index in [9.17, 15) is 0 Å². The van der Waals surface area contributed by atoms with E-state index < -0.39 is 0 Å². The SMILES string of the molecule is CC[NH+](CC)CC#CCNc1ccnc2cc(Cl)ccc12. The molecule has 2 rings (SSSR count). The third kappa shape index (κ3) is 4.35. The van der Waals surface area contributed by atoms with Crippen LogP contribution >= 0.6 is 11.6 Å². The van der Waals surface area contributed by atoms with Gasteiger partial charge >= 0.3 is 0 Å². The molecule has 0 aliphatic rings. The monoisotopic (exact) mass is 302 g/mol.